The van der Waals surface area contributed by atoms with Gasteiger partial charge in [0.25, 0.3) is 0 Å². The summed E-state index contributed by atoms with van der Waals surface area (Å²) in [4.78, 5) is 12.4. The summed E-state index contributed by atoms with van der Waals surface area (Å²) in [5.41, 5.74) is 0.603. The lowest BCUT2D eigenvalue weighted by Crippen LogP contribution is -2.04. The summed E-state index contributed by atoms with van der Waals surface area (Å²) in [5.74, 6) is -0.246. The van der Waals surface area contributed by atoms with Crippen LogP contribution in [-0.4, -0.2) is 11.9 Å². The fourth-order valence-corrected chi connectivity index (χ4v) is 2.14. The molecule has 0 bridgehead atoms. The monoisotopic (exact) mass is 290 g/mol. The van der Waals surface area contributed by atoms with Gasteiger partial charge in [0.05, 0.1) is 11.1 Å². The second-order valence-electron chi connectivity index (χ2n) is 4.78. The van der Waals surface area contributed by atoms with Crippen molar-refractivity contribution in [3.05, 3.63) is 64.4 Å². The number of ether oxygens (including phenoxy) is 1. The summed E-state index contributed by atoms with van der Waals surface area (Å²) in [6, 6.07) is 11.1. The maximum Gasteiger partial charge on any atom is 0.194 e. The smallest absolute Gasteiger partial charge is 0.194 e. The highest BCUT2D eigenvalue weighted by Gasteiger charge is 2.24. The summed E-state index contributed by atoms with van der Waals surface area (Å²) in [6.07, 6.45) is 2.36. The Morgan fingerprint density at radius 3 is 2.70 bits per heavy atom. The van der Waals surface area contributed by atoms with E-state index in [-0.39, 0.29) is 22.5 Å². The van der Waals surface area contributed by atoms with Gasteiger partial charge in [-0.3, -0.25) is 4.79 Å². The van der Waals surface area contributed by atoms with Gasteiger partial charge in [0.15, 0.2) is 5.78 Å². The number of carbonyl (C=O) groups is 1. The van der Waals surface area contributed by atoms with Crippen LogP contribution in [0.15, 0.2) is 42.5 Å². The maximum atomic E-state index is 13.4. The van der Waals surface area contributed by atoms with Crippen LogP contribution in [0.1, 0.15) is 28.8 Å². The number of carbonyl (C=O) groups excluding carboxylic acids is 1. The Labute approximate surface area is 121 Å². The van der Waals surface area contributed by atoms with Crippen molar-refractivity contribution in [1.82, 2.24) is 0 Å². The van der Waals surface area contributed by atoms with Gasteiger partial charge in [0.2, 0.25) is 0 Å². The quantitative estimate of drug-likeness (QED) is 0.787. The molecule has 2 aromatic rings. The van der Waals surface area contributed by atoms with Crippen molar-refractivity contribution in [3.63, 3.8) is 0 Å². The van der Waals surface area contributed by atoms with E-state index in [1.54, 1.807) is 18.2 Å². The van der Waals surface area contributed by atoms with Crippen LogP contribution in [0.25, 0.3) is 0 Å². The molecule has 0 spiro atoms. The average molecular weight is 291 g/mol. The van der Waals surface area contributed by atoms with Gasteiger partial charge in [0, 0.05) is 11.1 Å². The first-order valence-electron chi connectivity index (χ1n) is 6.40. The first-order chi connectivity index (χ1) is 9.65. The Bertz CT molecular complexity index is 665. The molecule has 0 radical (unpaired) electrons. The second-order valence-corrected chi connectivity index (χ2v) is 5.15. The van der Waals surface area contributed by atoms with E-state index in [4.69, 9.17) is 16.3 Å². The van der Waals surface area contributed by atoms with Gasteiger partial charge in [0.1, 0.15) is 11.6 Å². The topological polar surface area (TPSA) is 26.3 Å². The predicted molar refractivity (Wildman–Crippen MR) is 74.9 cm³/mol. The van der Waals surface area contributed by atoms with E-state index in [1.165, 1.54) is 18.2 Å². The van der Waals surface area contributed by atoms with Gasteiger partial charge in [-0.15, -0.1) is 0 Å². The zero-order valence-corrected chi connectivity index (χ0v) is 11.4. The van der Waals surface area contributed by atoms with Gasteiger partial charge in [-0.2, -0.15) is 0 Å². The van der Waals surface area contributed by atoms with Crippen molar-refractivity contribution in [1.29, 1.82) is 0 Å². The third-order valence-electron chi connectivity index (χ3n) is 3.12. The minimum Gasteiger partial charge on any atom is -0.490 e. The highest BCUT2D eigenvalue weighted by molar-refractivity contribution is 6.35. The zero-order valence-electron chi connectivity index (χ0n) is 10.6. The van der Waals surface area contributed by atoms with Crippen molar-refractivity contribution in [2.24, 2.45) is 0 Å². The molecule has 0 N–H and O–H groups in total. The summed E-state index contributed by atoms with van der Waals surface area (Å²) < 4.78 is 19.1. The maximum absolute atomic E-state index is 13.4. The molecular formula is C16H12ClFO2. The van der Waals surface area contributed by atoms with Crippen LogP contribution in [0, 0.1) is 5.82 Å². The fraction of sp³-hybridized carbons (Fsp3) is 0.188. The molecule has 0 atom stereocenters. The van der Waals surface area contributed by atoms with Gasteiger partial charge >= 0.3 is 0 Å². The SMILES string of the molecule is O=C(c1cccc(OC2CC2)c1)c1cccc(F)c1Cl. The second kappa shape index (κ2) is 5.25. The Kier molecular flexibility index (Phi) is 3.45. The molecule has 2 nitrogen and oxygen atoms in total. The molecule has 1 fully saturated rings. The highest BCUT2D eigenvalue weighted by atomic mass is 35.5. The molecule has 3 rings (SSSR count). The molecule has 20 heavy (non-hydrogen) atoms. The van der Waals surface area contributed by atoms with Gasteiger partial charge < -0.3 is 4.74 Å². The molecule has 2 aromatic carbocycles. The molecule has 4 heteroatoms. The zero-order chi connectivity index (χ0) is 14.1. The van der Waals surface area contributed by atoms with E-state index in [0.717, 1.165) is 12.8 Å². The molecule has 1 saturated carbocycles. The lowest BCUT2D eigenvalue weighted by Gasteiger charge is -2.07. The van der Waals surface area contributed by atoms with E-state index < -0.39 is 5.82 Å². The summed E-state index contributed by atoms with van der Waals surface area (Å²) in [6.45, 7) is 0. The lowest BCUT2D eigenvalue weighted by molar-refractivity contribution is 0.103. The van der Waals surface area contributed by atoms with Gasteiger partial charge in [-0.25, -0.2) is 4.39 Å². The molecule has 1 aliphatic rings. The normalized spacial score (nSPS) is 14.1. The molecular weight excluding hydrogens is 279 g/mol. The number of rotatable bonds is 4. The van der Waals surface area contributed by atoms with Crippen molar-refractivity contribution < 1.29 is 13.9 Å². The number of halogens is 2. The molecule has 102 valence electrons. The van der Waals surface area contributed by atoms with Crippen LogP contribution in [0.3, 0.4) is 0 Å². The van der Waals surface area contributed by atoms with Crippen LogP contribution < -0.4 is 4.74 Å². The Morgan fingerprint density at radius 2 is 1.95 bits per heavy atom. The van der Waals surface area contributed by atoms with Gasteiger partial charge in [-0.1, -0.05) is 29.8 Å². The van der Waals surface area contributed by atoms with E-state index in [1.807, 2.05) is 6.07 Å². The molecule has 1 aliphatic carbocycles. The molecule has 0 unspecified atom stereocenters. The lowest BCUT2D eigenvalue weighted by atomic mass is 10.0. The van der Waals surface area contributed by atoms with Crippen LogP contribution in [0.2, 0.25) is 5.02 Å². The Balaban J connectivity index is 1.91. The van der Waals surface area contributed by atoms with Crippen LogP contribution in [0.5, 0.6) is 5.75 Å². The van der Waals surface area contributed by atoms with E-state index in [9.17, 15) is 9.18 Å². The minimum atomic E-state index is -0.595. The molecule has 0 amide bonds. The highest BCUT2D eigenvalue weighted by Crippen LogP contribution is 2.28. The number of benzene rings is 2. The van der Waals surface area contributed by atoms with Crippen molar-refractivity contribution in [2.45, 2.75) is 18.9 Å². The number of ketones is 1. The standard InChI is InChI=1S/C16H12ClFO2/c17-15-13(5-2-6-14(15)18)16(19)10-3-1-4-12(9-10)20-11-7-8-11/h1-6,9,11H,7-8H2. The van der Waals surface area contributed by atoms with E-state index in [0.29, 0.717) is 11.3 Å². The first kappa shape index (κ1) is 13.1. The van der Waals surface area contributed by atoms with Crippen LogP contribution >= 0.6 is 11.6 Å². The first-order valence-corrected chi connectivity index (χ1v) is 6.78. The number of hydrogen-bond acceptors (Lipinski definition) is 2. The fourth-order valence-electron chi connectivity index (χ4n) is 1.92. The molecule has 0 aliphatic heterocycles. The number of hydrogen-bond donors (Lipinski definition) is 0. The largest absolute Gasteiger partial charge is 0.490 e. The van der Waals surface area contributed by atoms with Gasteiger partial charge in [-0.05, 0) is 37.1 Å². The summed E-state index contributed by atoms with van der Waals surface area (Å²) in [5, 5.41) is -0.147. The molecule has 0 aromatic heterocycles. The summed E-state index contributed by atoms with van der Waals surface area (Å²) >= 11 is 5.85. The minimum absolute atomic E-state index is 0.147. The summed E-state index contributed by atoms with van der Waals surface area (Å²) in [7, 11) is 0. The Morgan fingerprint density at radius 1 is 1.20 bits per heavy atom. The van der Waals surface area contributed by atoms with Crippen LogP contribution in [-0.2, 0) is 0 Å². The third kappa shape index (κ3) is 2.68. The molecule has 0 saturated heterocycles. The average Bonchev–Trinajstić information content (AvgIpc) is 3.25. The molecule has 0 heterocycles. The predicted octanol–water partition coefficient (Wildman–Crippen LogP) is 4.25. The Hall–Kier alpha value is -1.87. The third-order valence-corrected chi connectivity index (χ3v) is 3.50. The van der Waals surface area contributed by atoms with Crippen molar-refractivity contribution >= 4 is 17.4 Å². The van der Waals surface area contributed by atoms with Crippen molar-refractivity contribution in [3.8, 4) is 5.75 Å². The van der Waals surface area contributed by atoms with Crippen molar-refractivity contribution in [2.75, 3.05) is 0 Å². The van der Waals surface area contributed by atoms with Crippen LogP contribution in [0.4, 0.5) is 4.39 Å². The van der Waals surface area contributed by atoms with E-state index in [2.05, 4.69) is 0 Å². The van der Waals surface area contributed by atoms with E-state index >= 15 is 0 Å².